The van der Waals surface area contributed by atoms with E-state index < -0.39 is 0 Å². The van der Waals surface area contributed by atoms with Crippen LogP contribution in [0.5, 0.6) is 0 Å². The summed E-state index contributed by atoms with van der Waals surface area (Å²) in [5, 5.41) is 1.15. The molecule has 1 heterocycles. The van der Waals surface area contributed by atoms with Crippen LogP contribution in [0.3, 0.4) is 0 Å². The van der Waals surface area contributed by atoms with Gasteiger partial charge in [0.1, 0.15) is 11.3 Å². The lowest BCUT2D eigenvalue weighted by molar-refractivity contribution is 0.462. The molecule has 0 aliphatic heterocycles. The van der Waals surface area contributed by atoms with Crippen molar-refractivity contribution in [2.75, 3.05) is 0 Å². The van der Waals surface area contributed by atoms with Crippen LogP contribution in [0.4, 0.5) is 0 Å². The normalized spacial score (nSPS) is 12.7. The maximum absolute atomic E-state index is 6.20. The van der Waals surface area contributed by atoms with Crippen molar-refractivity contribution < 1.29 is 4.42 Å². The van der Waals surface area contributed by atoms with Crippen molar-refractivity contribution in [2.45, 2.75) is 45.1 Å². The van der Waals surface area contributed by atoms with Crippen molar-refractivity contribution in [3.63, 3.8) is 0 Å². The predicted octanol–water partition coefficient (Wildman–Crippen LogP) is 4.88. The average molecular weight is 257 g/mol. The summed E-state index contributed by atoms with van der Waals surface area (Å²) in [4.78, 5) is 0. The lowest BCUT2D eigenvalue weighted by Gasteiger charge is -2.07. The number of aryl methyl sites for hydroxylation is 1. The largest absolute Gasteiger partial charge is 0.459 e. The minimum absolute atomic E-state index is 0.0106. The van der Waals surface area contributed by atoms with E-state index in [1.807, 2.05) is 12.1 Å². The number of benzene rings is 1. The highest BCUT2D eigenvalue weighted by molar-refractivity contribution is 5.78. The molecule has 0 radical (unpaired) electrons. The highest BCUT2D eigenvalue weighted by Gasteiger charge is 2.11. The van der Waals surface area contributed by atoms with Gasteiger partial charge in [-0.25, -0.2) is 0 Å². The first-order valence-electron chi connectivity index (χ1n) is 7.07. The summed E-state index contributed by atoms with van der Waals surface area (Å²) in [6.45, 7) is 5.82. The minimum Gasteiger partial charge on any atom is -0.459 e. The number of allylic oxidation sites excluding steroid dienone is 1. The summed E-state index contributed by atoms with van der Waals surface area (Å²) in [6, 6.07) is 8.31. The van der Waals surface area contributed by atoms with Gasteiger partial charge in [-0.3, -0.25) is 0 Å². The molecule has 0 fully saturated rings. The van der Waals surface area contributed by atoms with Crippen LogP contribution in [0.15, 0.2) is 41.3 Å². The van der Waals surface area contributed by atoms with E-state index in [0.29, 0.717) is 0 Å². The number of hydrogen-bond acceptors (Lipinski definition) is 2. The van der Waals surface area contributed by atoms with Gasteiger partial charge >= 0.3 is 0 Å². The van der Waals surface area contributed by atoms with Crippen LogP contribution in [0.2, 0.25) is 0 Å². The van der Waals surface area contributed by atoms with E-state index in [1.54, 1.807) is 0 Å². The average Bonchev–Trinajstić information content (AvgIpc) is 2.81. The van der Waals surface area contributed by atoms with E-state index in [2.05, 4.69) is 31.7 Å². The smallest absolute Gasteiger partial charge is 0.134 e. The zero-order chi connectivity index (χ0) is 13.7. The molecule has 2 N–H and O–H groups in total. The highest BCUT2D eigenvalue weighted by atomic mass is 16.3. The minimum atomic E-state index is 0.0106. The van der Waals surface area contributed by atoms with Gasteiger partial charge in [-0.2, -0.15) is 0 Å². The van der Waals surface area contributed by atoms with Crippen molar-refractivity contribution in [1.29, 1.82) is 0 Å². The monoisotopic (exact) mass is 257 g/mol. The lowest BCUT2D eigenvalue weighted by Crippen LogP contribution is -2.08. The Kier molecular flexibility index (Phi) is 4.80. The van der Waals surface area contributed by atoms with E-state index in [9.17, 15) is 0 Å². The number of unbranched alkanes of at least 4 members (excludes halogenated alkanes) is 3. The molecule has 0 amide bonds. The zero-order valence-corrected chi connectivity index (χ0v) is 11.7. The molecule has 19 heavy (non-hydrogen) atoms. The van der Waals surface area contributed by atoms with Crippen LogP contribution in [0.1, 0.15) is 49.5 Å². The van der Waals surface area contributed by atoms with Crippen LogP contribution in [-0.2, 0) is 0 Å². The number of hydrogen-bond donors (Lipinski definition) is 1. The van der Waals surface area contributed by atoms with E-state index in [0.717, 1.165) is 36.0 Å². The Morgan fingerprint density at radius 3 is 2.89 bits per heavy atom. The molecule has 1 unspecified atom stereocenters. The van der Waals surface area contributed by atoms with Crippen molar-refractivity contribution >= 4 is 11.0 Å². The molecule has 0 aliphatic rings. The van der Waals surface area contributed by atoms with Crippen molar-refractivity contribution in [2.24, 2.45) is 5.73 Å². The lowest BCUT2D eigenvalue weighted by atomic mass is 10.1. The third-order valence-electron chi connectivity index (χ3n) is 3.48. The predicted molar refractivity (Wildman–Crippen MR) is 81.2 cm³/mol. The maximum atomic E-state index is 6.20. The summed E-state index contributed by atoms with van der Waals surface area (Å²) in [5.74, 6) is 0.907. The molecule has 2 rings (SSSR count). The van der Waals surface area contributed by atoms with Crippen LogP contribution >= 0.6 is 0 Å². The van der Waals surface area contributed by atoms with Crippen molar-refractivity contribution in [3.05, 3.63) is 48.2 Å². The van der Waals surface area contributed by atoms with Crippen LogP contribution in [0, 0.1) is 6.92 Å². The molecule has 0 aliphatic carbocycles. The van der Waals surface area contributed by atoms with E-state index in [1.165, 1.54) is 18.4 Å². The van der Waals surface area contributed by atoms with E-state index in [-0.39, 0.29) is 6.04 Å². The highest BCUT2D eigenvalue weighted by Crippen LogP contribution is 2.26. The fourth-order valence-corrected chi connectivity index (χ4v) is 2.34. The molecule has 1 aromatic heterocycles. The molecule has 2 heteroatoms. The van der Waals surface area contributed by atoms with Crippen molar-refractivity contribution in [1.82, 2.24) is 0 Å². The van der Waals surface area contributed by atoms with E-state index in [4.69, 9.17) is 10.2 Å². The molecule has 2 aromatic rings. The zero-order valence-electron chi connectivity index (χ0n) is 11.7. The molecule has 1 aromatic carbocycles. The molecular formula is C17H23NO. The Bertz CT molecular complexity index is 541. The quantitative estimate of drug-likeness (QED) is 0.567. The number of furan rings is 1. The number of rotatable bonds is 7. The Morgan fingerprint density at radius 1 is 1.26 bits per heavy atom. The van der Waals surface area contributed by atoms with Gasteiger partial charge in [0.25, 0.3) is 0 Å². The second-order valence-electron chi connectivity index (χ2n) is 5.22. The number of nitrogens with two attached hydrogens (primary N) is 1. The topological polar surface area (TPSA) is 39.2 Å². The van der Waals surface area contributed by atoms with Crippen molar-refractivity contribution in [3.8, 4) is 0 Å². The van der Waals surface area contributed by atoms with Gasteiger partial charge in [0.05, 0.1) is 6.04 Å². The Balaban J connectivity index is 1.93. The van der Waals surface area contributed by atoms with Gasteiger partial charge in [-0.15, -0.1) is 6.58 Å². The molecular weight excluding hydrogens is 234 g/mol. The van der Waals surface area contributed by atoms with Gasteiger partial charge in [0.2, 0.25) is 0 Å². The van der Waals surface area contributed by atoms with E-state index >= 15 is 0 Å². The standard InChI is InChI=1S/C17H23NO/c1-3-4-5-6-7-8-15(18)17-12-14-11-13(2)9-10-16(14)19-17/h3,9-12,15H,1,4-8,18H2,2H3. The fourth-order valence-electron chi connectivity index (χ4n) is 2.34. The molecule has 0 spiro atoms. The van der Waals surface area contributed by atoms with Gasteiger partial charge in [-0.1, -0.05) is 30.5 Å². The molecule has 1 atom stereocenters. The Labute approximate surface area is 115 Å². The summed E-state index contributed by atoms with van der Waals surface area (Å²) in [6.07, 6.45) is 7.61. The Hall–Kier alpha value is -1.54. The number of fused-ring (bicyclic) bond motifs is 1. The fraction of sp³-hybridized carbons (Fsp3) is 0.412. The van der Waals surface area contributed by atoms with Gasteiger partial charge in [0, 0.05) is 5.39 Å². The first-order chi connectivity index (χ1) is 9.20. The molecule has 0 saturated carbocycles. The Morgan fingerprint density at radius 2 is 2.11 bits per heavy atom. The first-order valence-corrected chi connectivity index (χ1v) is 7.07. The SMILES string of the molecule is C=CCCCCCC(N)c1cc2cc(C)ccc2o1. The third-order valence-corrected chi connectivity index (χ3v) is 3.48. The van der Waals surface area contributed by atoms with Crippen LogP contribution in [-0.4, -0.2) is 0 Å². The summed E-state index contributed by atoms with van der Waals surface area (Å²) >= 11 is 0. The summed E-state index contributed by atoms with van der Waals surface area (Å²) < 4.78 is 5.82. The van der Waals surface area contributed by atoms with Crippen LogP contribution < -0.4 is 5.73 Å². The molecule has 102 valence electrons. The second kappa shape index (κ2) is 6.58. The second-order valence-corrected chi connectivity index (χ2v) is 5.22. The van der Waals surface area contributed by atoms with Gasteiger partial charge < -0.3 is 10.2 Å². The summed E-state index contributed by atoms with van der Waals surface area (Å²) in [5.41, 5.74) is 8.38. The molecule has 0 bridgehead atoms. The van der Waals surface area contributed by atoms with Gasteiger partial charge in [-0.05, 0) is 44.4 Å². The third kappa shape index (κ3) is 3.71. The summed E-state index contributed by atoms with van der Waals surface area (Å²) in [7, 11) is 0. The maximum Gasteiger partial charge on any atom is 0.134 e. The first kappa shape index (κ1) is 13.9. The molecule has 2 nitrogen and oxygen atoms in total. The molecule has 0 saturated heterocycles. The van der Waals surface area contributed by atoms with Gasteiger partial charge in [0.15, 0.2) is 0 Å². The van der Waals surface area contributed by atoms with Crippen LogP contribution in [0.25, 0.3) is 11.0 Å².